The van der Waals surface area contributed by atoms with E-state index in [4.69, 9.17) is 9.84 Å². The molecule has 1 unspecified atom stereocenters. The number of anilines is 1. The Labute approximate surface area is 145 Å². The second-order valence-electron chi connectivity index (χ2n) is 5.86. The molecule has 0 amide bonds. The topological polar surface area (TPSA) is 87.2 Å². The number of nitrogens with one attached hydrogen (secondary N) is 2. The van der Waals surface area contributed by atoms with Crippen LogP contribution in [0.3, 0.4) is 0 Å². The molecular formula is C19H21N3O3. The third-order valence-corrected chi connectivity index (χ3v) is 4.08. The van der Waals surface area contributed by atoms with Crippen LogP contribution in [0.5, 0.6) is 5.75 Å². The van der Waals surface area contributed by atoms with Crippen molar-refractivity contribution in [3.05, 3.63) is 54.4 Å². The smallest absolute Gasteiger partial charge is 0.310 e. The zero-order chi connectivity index (χ0) is 17.6. The van der Waals surface area contributed by atoms with Crippen molar-refractivity contribution in [2.45, 2.75) is 19.3 Å². The first-order valence-corrected chi connectivity index (χ1v) is 8.26. The highest BCUT2D eigenvalue weighted by Gasteiger charge is 2.17. The first-order valence-electron chi connectivity index (χ1n) is 8.26. The predicted octanol–water partition coefficient (Wildman–Crippen LogP) is 3.63. The maximum absolute atomic E-state index is 11.2. The van der Waals surface area contributed by atoms with Crippen LogP contribution in [0.15, 0.2) is 48.8 Å². The van der Waals surface area contributed by atoms with Crippen LogP contribution in [-0.2, 0) is 4.79 Å². The average Bonchev–Trinajstić information content (AvgIpc) is 3.04. The summed E-state index contributed by atoms with van der Waals surface area (Å²) in [5.74, 6) is 0.247. The number of carboxylic acid groups (broad SMARTS) is 1. The van der Waals surface area contributed by atoms with Crippen LogP contribution in [0.2, 0.25) is 0 Å². The maximum atomic E-state index is 11.2. The Morgan fingerprint density at radius 3 is 3.00 bits per heavy atom. The third-order valence-electron chi connectivity index (χ3n) is 4.08. The number of aromatic nitrogens is 2. The molecule has 2 heterocycles. The number of rotatable bonds is 8. The number of ether oxygens (including phenoxy) is 1. The molecule has 0 aliphatic carbocycles. The molecule has 1 atom stereocenters. The number of nitrogens with zero attached hydrogens (tertiary/aromatic N) is 1. The Kier molecular flexibility index (Phi) is 5.18. The molecule has 25 heavy (non-hydrogen) atoms. The summed E-state index contributed by atoms with van der Waals surface area (Å²) in [6.45, 7) is 3.05. The first-order chi connectivity index (χ1) is 12.1. The van der Waals surface area contributed by atoms with Gasteiger partial charge in [-0.1, -0.05) is 6.07 Å². The van der Waals surface area contributed by atoms with E-state index in [9.17, 15) is 4.79 Å². The lowest BCUT2D eigenvalue weighted by Crippen LogP contribution is -2.08. The van der Waals surface area contributed by atoms with Gasteiger partial charge in [0.15, 0.2) is 0 Å². The molecule has 0 fully saturated rings. The van der Waals surface area contributed by atoms with Crippen LogP contribution in [0.4, 0.5) is 5.82 Å². The van der Waals surface area contributed by atoms with Crippen molar-refractivity contribution < 1.29 is 14.6 Å². The Hall–Kier alpha value is -3.02. The molecule has 2 aromatic heterocycles. The van der Waals surface area contributed by atoms with E-state index in [-0.39, 0.29) is 0 Å². The minimum absolute atomic E-state index is 0.543. The summed E-state index contributed by atoms with van der Waals surface area (Å²) in [5, 5.41) is 13.3. The first kappa shape index (κ1) is 16.8. The van der Waals surface area contributed by atoms with Crippen molar-refractivity contribution in [1.82, 2.24) is 9.97 Å². The summed E-state index contributed by atoms with van der Waals surface area (Å²) >= 11 is 0. The second-order valence-corrected chi connectivity index (χ2v) is 5.86. The van der Waals surface area contributed by atoms with Crippen LogP contribution in [0.25, 0.3) is 10.9 Å². The standard InChI is InChI=1S/C19H21N3O3/c1-13(19(23)24)16-12-22-17-11-14(6-7-15(16)17)25-10-4-9-21-18-5-2-3-8-20-18/h2-3,5-8,11-13,22H,4,9-10H2,1H3,(H,20,21)(H,23,24). The molecule has 3 N–H and O–H groups in total. The number of hydrogen-bond acceptors (Lipinski definition) is 4. The summed E-state index contributed by atoms with van der Waals surface area (Å²) in [7, 11) is 0. The molecule has 0 saturated carbocycles. The molecule has 0 spiro atoms. The minimum atomic E-state index is -0.832. The number of carbonyl (C=O) groups is 1. The number of carboxylic acids is 1. The molecule has 0 bridgehead atoms. The summed E-state index contributed by atoms with van der Waals surface area (Å²) < 4.78 is 5.77. The number of fused-ring (bicyclic) bond motifs is 1. The quantitative estimate of drug-likeness (QED) is 0.546. The predicted molar refractivity (Wildman–Crippen MR) is 97.2 cm³/mol. The van der Waals surface area contributed by atoms with Crippen molar-refractivity contribution in [3.63, 3.8) is 0 Å². The number of benzene rings is 1. The molecule has 6 nitrogen and oxygen atoms in total. The van der Waals surface area contributed by atoms with Gasteiger partial charge in [-0.2, -0.15) is 0 Å². The SMILES string of the molecule is CC(C(=O)O)c1c[nH]c2cc(OCCCNc3ccccn3)ccc12. The summed E-state index contributed by atoms with van der Waals surface area (Å²) in [4.78, 5) is 18.5. The molecule has 3 rings (SSSR count). The molecule has 3 aromatic rings. The van der Waals surface area contributed by atoms with Crippen molar-refractivity contribution in [2.24, 2.45) is 0 Å². The van der Waals surface area contributed by atoms with Crippen LogP contribution in [-0.4, -0.2) is 34.2 Å². The molecule has 6 heteroatoms. The Bertz CT molecular complexity index is 846. The van der Waals surface area contributed by atoms with Gasteiger partial charge in [0, 0.05) is 35.9 Å². The molecule has 0 aliphatic rings. The van der Waals surface area contributed by atoms with Gasteiger partial charge in [0.05, 0.1) is 12.5 Å². The van der Waals surface area contributed by atoms with E-state index in [1.807, 2.05) is 36.4 Å². The number of aliphatic carboxylic acids is 1. The molecule has 0 radical (unpaired) electrons. The van der Waals surface area contributed by atoms with Gasteiger partial charge in [-0.25, -0.2) is 4.98 Å². The van der Waals surface area contributed by atoms with Gasteiger partial charge in [-0.3, -0.25) is 4.79 Å². The summed E-state index contributed by atoms with van der Waals surface area (Å²) in [6.07, 6.45) is 4.36. The van der Waals surface area contributed by atoms with Gasteiger partial charge in [-0.05, 0) is 43.2 Å². The van der Waals surface area contributed by atoms with Crippen molar-refractivity contribution in [2.75, 3.05) is 18.5 Å². The van der Waals surface area contributed by atoms with E-state index < -0.39 is 11.9 Å². The highest BCUT2D eigenvalue weighted by atomic mass is 16.5. The van der Waals surface area contributed by atoms with Crippen molar-refractivity contribution in [1.29, 1.82) is 0 Å². The second kappa shape index (κ2) is 7.70. The zero-order valence-electron chi connectivity index (χ0n) is 14.0. The minimum Gasteiger partial charge on any atom is -0.493 e. The molecule has 0 saturated heterocycles. The van der Waals surface area contributed by atoms with Crippen LogP contribution < -0.4 is 10.1 Å². The summed E-state index contributed by atoms with van der Waals surface area (Å²) in [6, 6.07) is 11.4. The highest BCUT2D eigenvalue weighted by Crippen LogP contribution is 2.28. The lowest BCUT2D eigenvalue weighted by molar-refractivity contribution is -0.138. The van der Waals surface area contributed by atoms with Crippen LogP contribution >= 0.6 is 0 Å². The number of aromatic amines is 1. The van der Waals surface area contributed by atoms with E-state index in [1.54, 1.807) is 19.3 Å². The van der Waals surface area contributed by atoms with Gasteiger partial charge >= 0.3 is 5.97 Å². The lowest BCUT2D eigenvalue weighted by atomic mass is 10.0. The fourth-order valence-corrected chi connectivity index (χ4v) is 2.65. The average molecular weight is 339 g/mol. The largest absolute Gasteiger partial charge is 0.493 e. The van der Waals surface area contributed by atoms with Crippen LogP contribution in [0.1, 0.15) is 24.8 Å². The van der Waals surface area contributed by atoms with Crippen LogP contribution in [0, 0.1) is 0 Å². The Balaban J connectivity index is 1.53. The van der Waals surface area contributed by atoms with E-state index >= 15 is 0 Å². The van der Waals surface area contributed by atoms with Gasteiger partial charge in [0.1, 0.15) is 11.6 Å². The van der Waals surface area contributed by atoms with E-state index in [0.29, 0.717) is 6.61 Å². The van der Waals surface area contributed by atoms with Gasteiger partial charge in [0.2, 0.25) is 0 Å². The molecule has 0 aliphatic heterocycles. The van der Waals surface area contributed by atoms with Gasteiger partial charge in [0.25, 0.3) is 0 Å². The van der Waals surface area contributed by atoms with Gasteiger partial charge in [-0.15, -0.1) is 0 Å². The van der Waals surface area contributed by atoms with E-state index in [2.05, 4.69) is 15.3 Å². The monoisotopic (exact) mass is 339 g/mol. The molecular weight excluding hydrogens is 318 g/mol. The van der Waals surface area contributed by atoms with Gasteiger partial charge < -0.3 is 20.1 Å². The van der Waals surface area contributed by atoms with Crippen molar-refractivity contribution >= 4 is 22.7 Å². The normalized spacial score (nSPS) is 12.0. The Morgan fingerprint density at radius 1 is 1.36 bits per heavy atom. The van der Waals surface area contributed by atoms with Crippen molar-refractivity contribution in [3.8, 4) is 5.75 Å². The Morgan fingerprint density at radius 2 is 2.24 bits per heavy atom. The zero-order valence-corrected chi connectivity index (χ0v) is 14.0. The fraction of sp³-hybridized carbons (Fsp3) is 0.263. The fourth-order valence-electron chi connectivity index (χ4n) is 2.65. The summed E-state index contributed by atoms with van der Waals surface area (Å²) in [5.41, 5.74) is 1.67. The third kappa shape index (κ3) is 4.09. The van der Waals surface area contributed by atoms with E-state index in [0.717, 1.165) is 41.0 Å². The number of hydrogen-bond donors (Lipinski definition) is 3. The number of pyridine rings is 1. The highest BCUT2D eigenvalue weighted by molar-refractivity contribution is 5.89. The lowest BCUT2D eigenvalue weighted by Gasteiger charge is -2.08. The molecule has 1 aromatic carbocycles. The number of H-pyrrole nitrogens is 1. The maximum Gasteiger partial charge on any atom is 0.310 e. The molecule has 130 valence electrons. The van der Waals surface area contributed by atoms with E-state index in [1.165, 1.54) is 0 Å².